The Kier molecular flexibility index (Phi) is 16.4. The van der Waals surface area contributed by atoms with Gasteiger partial charge in [-0.1, -0.05) is 0 Å². The molecule has 45 heavy (non-hydrogen) atoms. The molecule has 0 radical (unpaired) electrons. The maximum Gasteiger partial charge on any atom is 0.490 e. The molecule has 2 amide bonds. The number of nitrogens with zero attached hydrogens (tertiary/aromatic N) is 1. The first-order chi connectivity index (χ1) is 20.1. The molecule has 0 unspecified atom stereocenters. The number of amides is 2. The molecule has 8 N–H and O–H groups in total. The number of nitrogens with two attached hydrogens (primary N) is 1. The molecule has 0 spiro atoms. The van der Waals surface area contributed by atoms with Gasteiger partial charge < -0.3 is 36.6 Å². The number of carboxylic acids is 5. The summed E-state index contributed by atoms with van der Waals surface area (Å²) in [6.07, 6.45) is -14.7. The number of halogens is 9. The van der Waals surface area contributed by atoms with Crippen LogP contribution in [-0.4, -0.2) is 114 Å². The fourth-order valence-corrected chi connectivity index (χ4v) is 3.92. The maximum atomic E-state index is 12.2. The Labute approximate surface area is 247 Å². The Bertz CT molecular complexity index is 1120. The molecule has 2 heterocycles. The first kappa shape index (κ1) is 42.8. The van der Waals surface area contributed by atoms with Crippen LogP contribution in [-0.2, 0) is 33.6 Å². The monoisotopic (exact) mass is 699 g/mol. The lowest BCUT2D eigenvalue weighted by Crippen LogP contribution is -2.70. The fourth-order valence-electron chi connectivity index (χ4n) is 2.63. The van der Waals surface area contributed by atoms with Crippen LogP contribution in [0, 0.1) is 0 Å². The summed E-state index contributed by atoms with van der Waals surface area (Å²) < 4.78 is 95.2. The number of aliphatic carboxylic acids is 5. The van der Waals surface area contributed by atoms with Crippen molar-refractivity contribution in [1.29, 1.82) is 0 Å². The van der Waals surface area contributed by atoms with Gasteiger partial charge in [0.2, 0.25) is 5.91 Å². The van der Waals surface area contributed by atoms with E-state index in [2.05, 4.69) is 5.32 Å². The van der Waals surface area contributed by atoms with Crippen molar-refractivity contribution in [3.05, 3.63) is 11.3 Å². The summed E-state index contributed by atoms with van der Waals surface area (Å²) in [6, 6.07) is -1.77. The third-order valence-corrected chi connectivity index (χ3v) is 6.07. The third kappa shape index (κ3) is 15.3. The zero-order chi connectivity index (χ0) is 36.2. The van der Waals surface area contributed by atoms with Crippen LogP contribution in [0.5, 0.6) is 0 Å². The van der Waals surface area contributed by atoms with Crippen LogP contribution in [0.2, 0.25) is 0 Å². The number of β-lactam (4-membered cyclic amide) rings is 1. The molecule has 1 saturated heterocycles. The van der Waals surface area contributed by atoms with Gasteiger partial charge in [0.25, 0.3) is 5.91 Å². The molecule has 0 aromatic rings. The van der Waals surface area contributed by atoms with Gasteiger partial charge in [0.05, 0.1) is 0 Å². The Morgan fingerprint density at radius 2 is 1.24 bits per heavy atom. The van der Waals surface area contributed by atoms with Gasteiger partial charge in [-0.3, -0.25) is 19.3 Å². The summed E-state index contributed by atoms with van der Waals surface area (Å²) in [4.78, 5) is 73.8. The van der Waals surface area contributed by atoms with E-state index in [0.29, 0.717) is 17.7 Å². The quantitative estimate of drug-likeness (QED) is 0.146. The van der Waals surface area contributed by atoms with Crippen LogP contribution in [0.1, 0.15) is 26.2 Å². The molecule has 0 saturated carbocycles. The van der Waals surface area contributed by atoms with Gasteiger partial charge in [0.15, 0.2) is 0 Å². The Balaban J connectivity index is 0. The summed E-state index contributed by atoms with van der Waals surface area (Å²) in [5, 5.41) is 41.4. The number of carboxylic acid groups (broad SMARTS) is 5. The highest BCUT2D eigenvalue weighted by molar-refractivity contribution is 8.00. The number of thioether (sulfide) groups is 1. The van der Waals surface area contributed by atoms with Crippen LogP contribution in [0.15, 0.2) is 11.3 Å². The number of fused-ring (bicyclic) bond motifs is 1. The molecule has 258 valence electrons. The van der Waals surface area contributed by atoms with Crippen molar-refractivity contribution in [3.8, 4) is 0 Å². The molecule has 0 aromatic carbocycles. The van der Waals surface area contributed by atoms with E-state index in [9.17, 15) is 63.8 Å². The topological polar surface area (TPSA) is 262 Å². The fraction of sp³-hybridized carbons (Fsp3) is 0.550. The van der Waals surface area contributed by atoms with Crippen molar-refractivity contribution in [1.82, 2.24) is 10.2 Å². The van der Waals surface area contributed by atoms with E-state index in [1.54, 1.807) is 6.92 Å². The second-order valence-corrected chi connectivity index (χ2v) is 9.24. The van der Waals surface area contributed by atoms with E-state index < -0.39 is 71.7 Å². The summed E-state index contributed by atoms with van der Waals surface area (Å²) >= 11 is 1.40. The minimum absolute atomic E-state index is 0.0123. The van der Waals surface area contributed by atoms with Crippen molar-refractivity contribution in [3.63, 3.8) is 0 Å². The van der Waals surface area contributed by atoms with Gasteiger partial charge in [0.1, 0.15) is 23.2 Å². The summed E-state index contributed by atoms with van der Waals surface area (Å²) in [6.45, 7) is 1.66. The van der Waals surface area contributed by atoms with Crippen LogP contribution in [0.4, 0.5) is 39.5 Å². The second kappa shape index (κ2) is 17.3. The highest BCUT2D eigenvalue weighted by Crippen LogP contribution is 2.40. The van der Waals surface area contributed by atoms with Crippen LogP contribution in [0.3, 0.4) is 0 Å². The SMILES string of the molecule is CC1=C(C(=O)O)N2C(=O)[C@@H](NC(=O)CCC[C@@H](N)C(=O)O)[C@H]2SC1.O=C(O)C(F)(F)F.O=C(O)C(F)(F)F.O=C(O)C(F)(F)F. The van der Waals surface area contributed by atoms with Crippen molar-refractivity contribution >= 4 is 53.4 Å². The summed E-state index contributed by atoms with van der Waals surface area (Å²) in [5.74, 6) is -10.9. The number of nitrogens with one attached hydrogen (secondary N) is 1. The minimum atomic E-state index is -5.08. The number of carbonyl (C=O) groups excluding carboxylic acids is 2. The van der Waals surface area contributed by atoms with Gasteiger partial charge in [-0.25, -0.2) is 19.2 Å². The molecule has 25 heteroatoms. The Morgan fingerprint density at radius 3 is 1.56 bits per heavy atom. The molecule has 2 aliphatic heterocycles. The standard InChI is InChI=1S/C14H19N3O6S.3C2HF3O2/c1-6-5-24-12-9(11(19)17(12)10(6)14(22)23)16-8(18)4-2-3-7(15)13(20)21;3*3-2(4,5)1(6)7/h7,9,12H,2-5,15H2,1H3,(H,16,18)(H,20,21)(H,22,23);3*(H,6,7)/t7-,9-,12-;;;/m1.../s1. The minimum Gasteiger partial charge on any atom is -0.480 e. The van der Waals surface area contributed by atoms with E-state index >= 15 is 0 Å². The smallest absolute Gasteiger partial charge is 0.480 e. The third-order valence-electron chi connectivity index (χ3n) is 4.64. The van der Waals surface area contributed by atoms with Crippen LogP contribution in [0.25, 0.3) is 0 Å². The van der Waals surface area contributed by atoms with Crippen molar-refractivity contribution < 1.29 is 98.6 Å². The summed E-state index contributed by atoms with van der Waals surface area (Å²) in [7, 11) is 0. The van der Waals surface area contributed by atoms with E-state index in [0.717, 1.165) is 0 Å². The number of alkyl halides is 9. The average Bonchev–Trinajstić information content (AvgIpc) is 2.86. The lowest BCUT2D eigenvalue weighted by Gasteiger charge is -2.49. The Morgan fingerprint density at radius 1 is 0.867 bits per heavy atom. The van der Waals surface area contributed by atoms with E-state index in [1.165, 1.54) is 16.7 Å². The second-order valence-electron chi connectivity index (χ2n) is 8.13. The van der Waals surface area contributed by atoms with E-state index in [1.807, 2.05) is 0 Å². The van der Waals surface area contributed by atoms with Gasteiger partial charge in [-0.15, -0.1) is 11.8 Å². The molecular formula is C20H22F9N3O12S. The predicted octanol–water partition coefficient (Wildman–Crippen LogP) is 1.23. The number of hydrogen-bond donors (Lipinski definition) is 7. The van der Waals surface area contributed by atoms with E-state index in [4.69, 9.17) is 40.5 Å². The van der Waals surface area contributed by atoms with Gasteiger partial charge >= 0.3 is 48.4 Å². The Hall–Kier alpha value is -4.29. The molecule has 0 aliphatic carbocycles. The van der Waals surface area contributed by atoms with Crippen LogP contribution >= 0.6 is 11.8 Å². The normalized spacial score (nSPS) is 18.1. The van der Waals surface area contributed by atoms with Gasteiger partial charge in [0, 0.05) is 12.2 Å². The zero-order valence-corrected chi connectivity index (χ0v) is 22.8. The summed E-state index contributed by atoms with van der Waals surface area (Å²) in [5.41, 5.74) is 5.95. The van der Waals surface area contributed by atoms with E-state index in [-0.39, 0.29) is 24.4 Å². The molecule has 2 rings (SSSR count). The lowest BCUT2D eigenvalue weighted by molar-refractivity contribution is -0.193. The highest BCUT2D eigenvalue weighted by Gasteiger charge is 2.53. The number of hydrogen-bond acceptors (Lipinski definition) is 9. The van der Waals surface area contributed by atoms with Crippen LogP contribution < -0.4 is 11.1 Å². The first-order valence-electron chi connectivity index (χ1n) is 11.1. The molecular weight excluding hydrogens is 677 g/mol. The zero-order valence-electron chi connectivity index (χ0n) is 22.0. The van der Waals surface area contributed by atoms with Crippen molar-refractivity contribution in [2.75, 3.05) is 5.75 Å². The predicted molar refractivity (Wildman–Crippen MR) is 126 cm³/mol. The number of carbonyl (C=O) groups is 7. The molecule has 0 aromatic heterocycles. The van der Waals surface area contributed by atoms with Gasteiger partial charge in [-0.05, 0) is 25.3 Å². The number of rotatable bonds is 7. The highest BCUT2D eigenvalue weighted by atomic mass is 32.2. The largest absolute Gasteiger partial charge is 0.490 e. The molecule has 1 fully saturated rings. The van der Waals surface area contributed by atoms with Gasteiger partial charge in [-0.2, -0.15) is 39.5 Å². The molecule has 15 nitrogen and oxygen atoms in total. The average molecular weight is 699 g/mol. The van der Waals surface area contributed by atoms with Crippen molar-refractivity contribution in [2.45, 2.75) is 62.2 Å². The first-order valence-corrected chi connectivity index (χ1v) is 12.2. The molecule has 0 bridgehead atoms. The molecule has 3 atom stereocenters. The van der Waals surface area contributed by atoms with Crippen molar-refractivity contribution in [2.24, 2.45) is 5.73 Å². The maximum absolute atomic E-state index is 12.2. The lowest BCUT2D eigenvalue weighted by atomic mass is 10.0. The molecule has 2 aliphatic rings.